The summed E-state index contributed by atoms with van der Waals surface area (Å²) in [5.74, 6) is 4.52. The second kappa shape index (κ2) is 14.8. The number of nitrogens with two attached hydrogens (primary N) is 1. The summed E-state index contributed by atoms with van der Waals surface area (Å²) in [5.41, 5.74) is 5.46. The highest BCUT2D eigenvalue weighted by Gasteiger charge is 2.17. The fourth-order valence-electron chi connectivity index (χ4n) is 2.96. The maximum Gasteiger partial charge on any atom is 0.328 e. The van der Waals surface area contributed by atoms with E-state index in [1.54, 1.807) is 11.3 Å². The number of hydrogen-bond acceptors (Lipinski definition) is 6. The normalized spacial score (nSPS) is 16.0. The van der Waals surface area contributed by atoms with Crippen LogP contribution in [0.15, 0.2) is 24.3 Å². The van der Waals surface area contributed by atoms with Gasteiger partial charge in [0.25, 0.3) is 0 Å². The van der Waals surface area contributed by atoms with E-state index >= 15 is 0 Å². The van der Waals surface area contributed by atoms with Crippen LogP contribution in [-0.2, 0) is 20.7 Å². The quantitative estimate of drug-likeness (QED) is 0.258. The molecule has 1 unspecified atom stereocenters. The molecule has 0 spiro atoms. The number of aliphatic hydroxyl groups is 1. The molecule has 7 nitrogen and oxygen atoms in total. The molecule has 1 fully saturated rings. The van der Waals surface area contributed by atoms with Gasteiger partial charge in [0.05, 0.1) is 18.1 Å². The number of aryl methyl sites for hydroxylation is 1. The van der Waals surface area contributed by atoms with Gasteiger partial charge in [-0.05, 0) is 50.7 Å². The number of hydrogen-bond donors (Lipinski definition) is 4. The van der Waals surface area contributed by atoms with Gasteiger partial charge in [0.2, 0.25) is 0 Å². The first-order valence-corrected chi connectivity index (χ1v) is 11.2. The Hall–Kier alpha value is -2.18. The molecule has 1 heterocycles. The van der Waals surface area contributed by atoms with Crippen molar-refractivity contribution in [3.63, 3.8) is 0 Å². The topological polar surface area (TPSA) is 130 Å². The first kappa shape index (κ1) is 26.9. The van der Waals surface area contributed by atoms with E-state index in [4.69, 9.17) is 20.7 Å². The van der Waals surface area contributed by atoms with Crippen LogP contribution in [0.2, 0.25) is 0 Å². The minimum atomic E-state index is -1.26. The number of thiophene rings is 1. The van der Waals surface area contributed by atoms with Crippen LogP contribution in [0.3, 0.4) is 0 Å². The molecule has 0 bridgehead atoms. The number of ether oxygens (including phenoxy) is 1. The van der Waals surface area contributed by atoms with Crippen LogP contribution in [0.4, 0.5) is 0 Å². The maximum absolute atomic E-state index is 9.55. The Bertz CT molecular complexity index is 753. The summed E-state index contributed by atoms with van der Waals surface area (Å²) in [5, 5.41) is 24.8. The van der Waals surface area contributed by atoms with Gasteiger partial charge >= 0.3 is 11.9 Å². The standard InChI is InChI=1S/C19H29NO2S.C4H4O4/c1-19(20,15-21)12-11-18-10-9-17(23-18)8-5-13-22-14-16-6-3-2-4-7-16;5-3(6)1-2-4(7)8/h9-10,16,21H,2-4,6-7,11-15,20H2,1H3;1-2H,(H,5,6)(H,7,8). The zero-order valence-electron chi connectivity index (χ0n) is 18.0. The van der Waals surface area contributed by atoms with Gasteiger partial charge in [-0.2, -0.15) is 0 Å². The summed E-state index contributed by atoms with van der Waals surface area (Å²) >= 11 is 1.70. The Morgan fingerprint density at radius 3 is 2.45 bits per heavy atom. The Balaban J connectivity index is 0.000000512. The van der Waals surface area contributed by atoms with Gasteiger partial charge in [0.1, 0.15) is 6.61 Å². The zero-order valence-corrected chi connectivity index (χ0v) is 18.8. The molecule has 8 heteroatoms. The SMILES string of the molecule is CC(N)(CO)CCc1ccc(C#CCOCC2CCCCC2)s1.O=C(O)C=CC(=O)O. The molecule has 31 heavy (non-hydrogen) atoms. The molecule has 1 aromatic rings. The molecular weight excluding hydrogens is 418 g/mol. The van der Waals surface area contributed by atoms with E-state index in [2.05, 4.69) is 24.0 Å². The van der Waals surface area contributed by atoms with Crippen LogP contribution in [-0.4, -0.2) is 52.6 Å². The van der Waals surface area contributed by atoms with Gasteiger partial charge in [-0.1, -0.05) is 31.1 Å². The van der Waals surface area contributed by atoms with Crippen LogP contribution in [0.5, 0.6) is 0 Å². The number of aliphatic hydroxyl groups excluding tert-OH is 1. The highest BCUT2D eigenvalue weighted by atomic mass is 32.1. The number of carboxylic acid groups (broad SMARTS) is 2. The summed E-state index contributed by atoms with van der Waals surface area (Å²) in [6.45, 7) is 3.28. The fraction of sp³-hybridized carbons (Fsp3) is 0.565. The molecule has 1 aliphatic carbocycles. The summed E-state index contributed by atoms with van der Waals surface area (Å²) < 4.78 is 5.70. The molecule has 2 rings (SSSR count). The van der Waals surface area contributed by atoms with Crippen molar-refractivity contribution < 1.29 is 29.6 Å². The third-order valence-electron chi connectivity index (χ3n) is 4.80. The molecular formula is C23H33NO6S. The summed E-state index contributed by atoms with van der Waals surface area (Å²) in [4.78, 5) is 21.4. The van der Waals surface area contributed by atoms with Crippen LogP contribution >= 0.6 is 11.3 Å². The predicted octanol–water partition coefficient (Wildman–Crippen LogP) is 3.05. The third kappa shape index (κ3) is 13.7. The van der Waals surface area contributed by atoms with Crippen LogP contribution in [0.1, 0.15) is 55.2 Å². The van der Waals surface area contributed by atoms with Gasteiger partial charge in [-0.25, -0.2) is 9.59 Å². The van der Waals surface area contributed by atoms with E-state index in [1.165, 1.54) is 37.0 Å². The van der Waals surface area contributed by atoms with E-state index in [0.29, 0.717) is 18.8 Å². The largest absolute Gasteiger partial charge is 0.478 e. The minimum Gasteiger partial charge on any atom is -0.478 e. The smallest absolute Gasteiger partial charge is 0.328 e. The zero-order chi connectivity index (χ0) is 23.1. The Morgan fingerprint density at radius 2 is 1.87 bits per heavy atom. The molecule has 5 N–H and O–H groups in total. The molecule has 0 aliphatic heterocycles. The van der Waals surface area contributed by atoms with Crippen molar-refractivity contribution in [2.45, 2.75) is 57.4 Å². The van der Waals surface area contributed by atoms with E-state index in [0.717, 1.165) is 30.2 Å². The predicted molar refractivity (Wildman–Crippen MR) is 121 cm³/mol. The monoisotopic (exact) mass is 451 g/mol. The van der Waals surface area contributed by atoms with Crippen molar-refractivity contribution in [1.82, 2.24) is 0 Å². The van der Waals surface area contributed by atoms with Gasteiger partial charge in [-0.15, -0.1) is 11.3 Å². The maximum atomic E-state index is 9.55. The van der Waals surface area contributed by atoms with Crippen molar-refractivity contribution in [3.8, 4) is 11.8 Å². The molecule has 0 saturated heterocycles. The molecule has 1 saturated carbocycles. The summed E-state index contributed by atoms with van der Waals surface area (Å²) in [7, 11) is 0. The van der Waals surface area contributed by atoms with Crippen LogP contribution < -0.4 is 5.73 Å². The van der Waals surface area contributed by atoms with Gasteiger partial charge in [0, 0.05) is 22.6 Å². The average molecular weight is 452 g/mol. The highest BCUT2D eigenvalue weighted by Crippen LogP contribution is 2.23. The lowest BCUT2D eigenvalue weighted by molar-refractivity contribution is -0.134. The molecule has 1 aromatic heterocycles. The first-order valence-electron chi connectivity index (χ1n) is 10.4. The third-order valence-corrected chi connectivity index (χ3v) is 5.86. The van der Waals surface area contributed by atoms with Crippen molar-refractivity contribution in [2.24, 2.45) is 11.7 Å². The summed E-state index contributed by atoms with van der Waals surface area (Å²) in [6, 6.07) is 4.16. The lowest BCUT2D eigenvalue weighted by Crippen LogP contribution is -2.40. The number of rotatable bonds is 9. The molecule has 1 atom stereocenters. The summed E-state index contributed by atoms with van der Waals surface area (Å²) in [6.07, 6.45) is 9.51. The Labute approximate surface area is 187 Å². The van der Waals surface area contributed by atoms with Gasteiger partial charge < -0.3 is 25.8 Å². The lowest BCUT2D eigenvalue weighted by Gasteiger charge is -2.20. The molecule has 0 aromatic carbocycles. The van der Waals surface area contributed by atoms with E-state index < -0.39 is 17.5 Å². The highest BCUT2D eigenvalue weighted by molar-refractivity contribution is 7.12. The fourth-order valence-corrected chi connectivity index (χ4v) is 3.85. The number of aliphatic carboxylic acids is 2. The van der Waals surface area contributed by atoms with Crippen molar-refractivity contribution in [1.29, 1.82) is 0 Å². The van der Waals surface area contributed by atoms with Crippen LogP contribution in [0.25, 0.3) is 0 Å². The van der Waals surface area contributed by atoms with E-state index in [1.807, 2.05) is 6.92 Å². The molecule has 1 aliphatic rings. The molecule has 0 radical (unpaired) electrons. The first-order chi connectivity index (χ1) is 14.7. The second-order valence-electron chi connectivity index (χ2n) is 7.91. The lowest BCUT2D eigenvalue weighted by atomic mass is 9.90. The second-order valence-corrected chi connectivity index (χ2v) is 9.08. The average Bonchev–Trinajstić information content (AvgIpc) is 3.20. The van der Waals surface area contributed by atoms with E-state index in [-0.39, 0.29) is 6.61 Å². The molecule has 172 valence electrons. The molecule has 0 amide bonds. The van der Waals surface area contributed by atoms with Crippen LogP contribution in [0, 0.1) is 17.8 Å². The van der Waals surface area contributed by atoms with Gasteiger partial charge in [0.15, 0.2) is 0 Å². The van der Waals surface area contributed by atoms with Crippen molar-refractivity contribution in [2.75, 3.05) is 19.8 Å². The van der Waals surface area contributed by atoms with E-state index in [9.17, 15) is 14.7 Å². The Morgan fingerprint density at radius 1 is 1.23 bits per heavy atom. The number of carbonyl (C=O) groups is 2. The Kier molecular flexibility index (Phi) is 12.8. The van der Waals surface area contributed by atoms with Gasteiger partial charge in [-0.3, -0.25) is 0 Å². The minimum absolute atomic E-state index is 0.0172. The van der Waals surface area contributed by atoms with Crippen molar-refractivity contribution >= 4 is 23.3 Å². The van der Waals surface area contributed by atoms with Crippen molar-refractivity contribution in [3.05, 3.63) is 34.0 Å². The number of carboxylic acids is 2.